The zero-order chi connectivity index (χ0) is 29.8. The summed E-state index contributed by atoms with van der Waals surface area (Å²) >= 11 is 4.65. The zero-order valence-corrected chi connectivity index (χ0v) is 25.4. The van der Waals surface area contributed by atoms with E-state index < -0.39 is 11.9 Å². The molecule has 5 aromatic rings. The van der Waals surface area contributed by atoms with Crippen LogP contribution in [0.25, 0.3) is 10.2 Å². The smallest absolute Gasteiger partial charge is 0.397 e. The van der Waals surface area contributed by atoms with Crippen molar-refractivity contribution in [3.05, 3.63) is 77.1 Å². The number of aromatic nitrogens is 3. The van der Waals surface area contributed by atoms with Crippen molar-refractivity contribution in [2.24, 2.45) is 0 Å². The molecule has 9 nitrogen and oxygen atoms in total. The van der Waals surface area contributed by atoms with Crippen LogP contribution >= 0.6 is 34.4 Å². The van der Waals surface area contributed by atoms with Crippen LogP contribution in [0.4, 0.5) is 15.3 Å². The summed E-state index contributed by atoms with van der Waals surface area (Å²) < 4.78 is 25.7. The van der Waals surface area contributed by atoms with Gasteiger partial charge in [0, 0.05) is 52.6 Å². The predicted molar refractivity (Wildman–Crippen MR) is 165 cm³/mol. The standard InChI is InChI=1S/C30H26FN5O4S3/c1-2-39-29(38)28(37)36-12-8-18(9-13-36)23-17-42-30(34-23)35-27-24(40-20-5-3-19(31)4-6-20)15-21(16-33-27)43-25-7-11-32-22-10-14-41-26(22)25/h3-7,10-11,14-18H,2,8-9,12-13H2,1H3,(H,33,34,35). The first-order valence-electron chi connectivity index (χ1n) is 13.6. The summed E-state index contributed by atoms with van der Waals surface area (Å²) in [7, 11) is 0. The number of hydrogen-bond acceptors (Lipinski definition) is 11. The average molecular weight is 636 g/mol. The lowest BCUT2D eigenvalue weighted by molar-refractivity contribution is -0.160. The fourth-order valence-electron chi connectivity index (χ4n) is 4.67. The number of amides is 1. The second kappa shape index (κ2) is 13.1. The second-order valence-electron chi connectivity index (χ2n) is 9.61. The normalized spacial score (nSPS) is 13.7. The van der Waals surface area contributed by atoms with Crippen molar-refractivity contribution in [3.63, 3.8) is 0 Å². The van der Waals surface area contributed by atoms with Gasteiger partial charge in [-0.25, -0.2) is 19.2 Å². The third-order valence-electron chi connectivity index (χ3n) is 6.80. The van der Waals surface area contributed by atoms with Gasteiger partial charge >= 0.3 is 11.9 Å². The summed E-state index contributed by atoms with van der Waals surface area (Å²) in [5.74, 6) is -0.174. The average Bonchev–Trinajstić information content (AvgIpc) is 3.70. The number of thiophene rings is 1. The van der Waals surface area contributed by atoms with Crippen molar-refractivity contribution in [2.45, 2.75) is 35.5 Å². The molecule has 1 aliphatic rings. The topological polar surface area (TPSA) is 107 Å². The lowest BCUT2D eigenvalue weighted by atomic mass is 9.94. The van der Waals surface area contributed by atoms with E-state index in [9.17, 15) is 14.0 Å². The number of fused-ring (bicyclic) bond motifs is 1. The summed E-state index contributed by atoms with van der Waals surface area (Å²) in [4.78, 5) is 41.5. The molecule has 5 heterocycles. The highest BCUT2D eigenvalue weighted by atomic mass is 32.2. The molecule has 0 bridgehead atoms. The predicted octanol–water partition coefficient (Wildman–Crippen LogP) is 7.24. The molecule has 1 amide bonds. The zero-order valence-electron chi connectivity index (χ0n) is 23.0. The van der Waals surface area contributed by atoms with Crippen molar-refractivity contribution >= 4 is 67.5 Å². The molecule has 0 radical (unpaired) electrons. The van der Waals surface area contributed by atoms with Crippen molar-refractivity contribution in [1.82, 2.24) is 19.9 Å². The van der Waals surface area contributed by atoms with E-state index in [1.807, 2.05) is 29.0 Å². The van der Waals surface area contributed by atoms with Gasteiger partial charge in [0.15, 0.2) is 16.7 Å². The summed E-state index contributed by atoms with van der Waals surface area (Å²) in [6, 6.07) is 11.7. The number of nitrogens with one attached hydrogen (secondary N) is 1. The number of carbonyl (C=O) groups is 2. The lowest BCUT2D eigenvalue weighted by Crippen LogP contribution is -2.42. The highest BCUT2D eigenvalue weighted by molar-refractivity contribution is 7.99. The first-order valence-corrected chi connectivity index (χ1v) is 16.2. The van der Waals surface area contributed by atoms with Crippen LogP contribution in [0, 0.1) is 5.82 Å². The van der Waals surface area contributed by atoms with Gasteiger partial charge in [0.05, 0.1) is 22.5 Å². The van der Waals surface area contributed by atoms with Crippen molar-refractivity contribution < 1.29 is 23.5 Å². The van der Waals surface area contributed by atoms with E-state index in [-0.39, 0.29) is 18.3 Å². The third kappa shape index (κ3) is 6.79. The lowest BCUT2D eigenvalue weighted by Gasteiger charge is -2.30. The van der Waals surface area contributed by atoms with E-state index in [1.165, 1.54) is 28.4 Å². The van der Waals surface area contributed by atoms with Crippen molar-refractivity contribution in [1.29, 1.82) is 0 Å². The molecular formula is C30H26FN5O4S3. The number of anilines is 2. The molecule has 43 heavy (non-hydrogen) atoms. The molecule has 1 saturated heterocycles. The highest BCUT2D eigenvalue weighted by Crippen LogP contribution is 2.40. The van der Waals surface area contributed by atoms with Gasteiger partial charge in [0.1, 0.15) is 11.6 Å². The molecule has 0 aliphatic carbocycles. The minimum atomic E-state index is -0.808. The van der Waals surface area contributed by atoms with Gasteiger partial charge in [0.2, 0.25) is 0 Å². The quantitative estimate of drug-likeness (QED) is 0.139. The molecule has 220 valence electrons. The molecule has 1 aliphatic heterocycles. The molecule has 6 rings (SSSR count). The van der Waals surface area contributed by atoms with Gasteiger partial charge in [-0.05, 0) is 61.5 Å². The molecule has 0 atom stereocenters. The van der Waals surface area contributed by atoms with Crippen molar-refractivity contribution in [2.75, 3.05) is 25.0 Å². The maximum Gasteiger partial charge on any atom is 0.397 e. The van der Waals surface area contributed by atoms with Gasteiger partial charge in [-0.15, -0.1) is 22.7 Å². The number of hydrogen-bond donors (Lipinski definition) is 1. The van der Waals surface area contributed by atoms with Crippen LogP contribution < -0.4 is 10.1 Å². The molecule has 1 N–H and O–H groups in total. The Morgan fingerprint density at radius 2 is 1.93 bits per heavy atom. The first-order chi connectivity index (χ1) is 21.0. The first kappa shape index (κ1) is 29.0. The van der Waals surface area contributed by atoms with Crippen LogP contribution in [-0.2, 0) is 14.3 Å². The Balaban J connectivity index is 1.19. The second-order valence-corrected chi connectivity index (χ2v) is 12.5. The fraction of sp³-hybridized carbons (Fsp3) is 0.233. The maximum absolute atomic E-state index is 13.5. The van der Waals surface area contributed by atoms with Gasteiger partial charge < -0.3 is 19.7 Å². The minimum Gasteiger partial charge on any atom is -0.459 e. The number of pyridine rings is 2. The van der Waals surface area contributed by atoms with E-state index in [2.05, 4.69) is 15.3 Å². The molecule has 13 heteroatoms. The third-order valence-corrected chi connectivity index (χ3v) is 9.66. The van der Waals surface area contributed by atoms with E-state index in [0.29, 0.717) is 48.4 Å². The van der Waals surface area contributed by atoms with E-state index in [0.717, 1.165) is 25.7 Å². The molecular weight excluding hydrogens is 610 g/mol. The van der Waals surface area contributed by atoms with Crippen LogP contribution in [0.1, 0.15) is 31.4 Å². The molecule has 1 fully saturated rings. The molecule has 1 aromatic carbocycles. The number of halogens is 1. The van der Waals surface area contributed by atoms with Crippen molar-refractivity contribution in [3.8, 4) is 11.5 Å². The molecule has 0 spiro atoms. The Kier molecular flexibility index (Phi) is 8.82. The molecule has 0 unspecified atom stereocenters. The van der Waals surface area contributed by atoms with Gasteiger partial charge in [0.25, 0.3) is 0 Å². The van der Waals surface area contributed by atoms with Crippen LogP contribution in [-0.4, -0.2) is 51.4 Å². The number of thiazole rings is 1. The minimum absolute atomic E-state index is 0.161. The number of piperidine rings is 1. The summed E-state index contributed by atoms with van der Waals surface area (Å²) in [6.45, 7) is 2.78. The summed E-state index contributed by atoms with van der Waals surface area (Å²) in [5, 5.41) is 7.95. The Hall–Kier alpha value is -4.07. The largest absolute Gasteiger partial charge is 0.459 e. The summed E-state index contributed by atoms with van der Waals surface area (Å²) in [5.41, 5.74) is 1.86. The van der Waals surface area contributed by atoms with Gasteiger partial charge in [-0.2, -0.15) is 0 Å². The van der Waals surface area contributed by atoms with Gasteiger partial charge in [-0.1, -0.05) is 11.8 Å². The molecule has 0 saturated carbocycles. The number of carbonyl (C=O) groups excluding carboxylic acids is 2. The summed E-state index contributed by atoms with van der Waals surface area (Å²) in [6.07, 6.45) is 4.96. The number of ether oxygens (including phenoxy) is 2. The Morgan fingerprint density at radius 3 is 2.72 bits per heavy atom. The Morgan fingerprint density at radius 1 is 1.12 bits per heavy atom. The van der Waals surface area contributed by atoms with Crippen LogP contribution in [0.5, 0.6) is 11.5 Å². The maximum atomic E-state index is 13.5. The number of rotatable bonds is 8. The SMILES string of the molecule is CCOC(=O)C(=O)N1CCC(c2csc(Nc3ncc(Sc4ccnc5ccsc45)cc3Oc3ccc(F)cc3)n2)CC1. The highest BCUT2D eigenvalue weighted by Gasteiger charge is 2.29. The van der Waals surface area contributed by atoms with Crippen LogP contribution in [0.3, 0.4) is 0 Å². The van der Waals surface area contributed by atoms with Gasteiger partial charge in [-0.3, -0.25) is 9.78 Å². The number of likely N-dealkylation sites (tertiary alicyclic amines) is 1. The Bertz CT molecular complexity index is 1750. The monoisotopic (exact) mass is 635 g/mol. The number of esters is 1. The number of benzene rings is 1. The number of nitrogens with zero attached hydrogens (tertiary/aromatic N) is 4. The van der Waals surface area contributed by atoms with E-state index >= 15 is 0 Å². The fourth-order valence-corrected chi connectivity index (χ4v) is 7.34. The Labute approximate surface area is 259 Å². The van der Waals surface area contributed by atoms with Crippen LogP contribution in [0.15, 0.2) is 75.4 Å². The van der Waals surface area contributed by atoms with E-state index in [1.54, 1.807) is 54.5 Å². The molecule has 4 aromatic heterocycles. The van der Waals surface area contributed by atoms with E-state index in [4.69, 9.17) is 14.5 Å². The van der Waals surface area contributed by atoms with Crippen LogP contribution in [0.2, 0.25) is 0 Å².